The van der Waals surface area contributed by atoms with Gasteiger partial charge in [-0.3, -0.25) is 9.48 Å². The summed E-state index contributed by atoms with van der Waals surface area (Å²) in [5.74, 6) is 1.19. The average Bonchev–Trinajstić information content (AvgIpc) is 3.39. The molecule has 2 aromatic carbocycles. The van der Waals surface area contributed by atoms with E-state index in [0.29, 0.717) is 30.3 Å². The maximum Gasteiger partial charge on any atom is 0.203 e. The van der Waals surface area contributed by atoms with Gasteiger partial charge in [-0.25, -0.2) is 14.6 Å². The normalized spacial score (nSPS) is 10.9. The summed E-state index contributed by atoms with van der Waals surface area (Å²) < 4.78 is 9.27. The van der Waals surface area contributed by atoms with Crippen molar-refractivity contribution in [3.05, 3.63) is 119 Å². The van der Waals surface area contributed by atoms with Crippen LogP contribution in [-0.4, -0.2) is 29.5 Å². The van der Waals surface area contributed by atoms with Crippen molar-refractivity contribution in [2.45, 2.75) is 26.5 Å². The molecule has 3 aromatic heterocycles. The monoisotopic (exact) mass is 464 g/mol. The van der Waals surface area contributed by atoms with Crippen LogP contribution in [0.3, 0.4) is 0 Å². The molecule has 0 spiro atoms. The van der Waals surface area contributed by atoms with Crippen LogP contribution in [0.1, 0.15) is 23.7 Å². The van der Waals surface area contributed by atoms with Crippen LogP contribution < -0.4 is 10.2 Å². The highest BCUT2D eigenvalue weighted by atomic mass is 16.5. The average molecular weight is 465 g/mol. The van der Waals surface area contributed by atoms with Crippen molar-refractivity contribution in [3.63, 3.8) is 0 Å². The third-order valence-corrected chi connectivity index (χ3v) is 5.52. The standard InChI is InChI=1S/C27H24N6O2/c1-2-32-18-23(15-30-32)33-12-11-26(34)25(31-33)14-21-9-6-10-22(13-21)27-28-16-24(17-29-27)35-19-20-7-4-3-5-8-20/h3-13,15-18H,2,14,19H2,1H3. The smallest absolute Gasteiger partial charge is 0.203 e. The predicted molar refractivity (Wildman–Crippen MR) is 132 cm³/mol. The molecule has 0 aliphatic heterocycles. The van der Waals surface area contributed by atoms with Gasteiger partial charge in [0.15, 0.2) is 11.6 Å². The molecule has 0 saturated heterocycles. The molecule has 35 heavy (non-hydrogen) atoms. The second kappa shape index (κ2) is 10.1. The number of ether oxygens (including phenoxy) is 1. The van der Waals surface area contributed by atoms with E-state index in [9.17, 15) is 4.79 Å². The highest BCUT2D eigenvalue weighted by molar-refractivity contribution is 5.56. The predicted octanol–water partition coefficient (Wildman–Crippen LogP) is 4.08. The Morgan fingerprint density at radius 2 is 1.71 bits per heavy atom. The molecule has 0 radical (unpaired) electrons. The van der Waals surface area contributed by atoms with Crippen molar-refractivity contribution in [1.82, 2.24) is 29.5 Å². The number of hydrogen-bond donors (Lipinski definition) is 0. The summed E-state index contributed by atoms with van der Waals surface area (Å²) in [6.45, 7) is 3.24. The number of hydrogen-bond acceptors (Lipinski definition) is 6. The third-order valence-electron chi connectivity index (χ3n) is 5.52. The van der Waals surface area contributed by atoms with Gasteiger partial charge in [-0.1, -0.05) is 48.5 Å². The molecule has 0 atom stereocenters. The van der Waals surface area contributed by atoms with E-state index in [1.807, 2.05) is 72.4 Å². The lowest BCUT2D eigenvalue weighted by molar-refractivity contribution is 0.303. The summed E-state index contributed by atoms with van der Waals surface area (Å²) in [6.07, 6.45) is 9.03. The Labute approximate surface area is 202 Å². The fourth-order valence-electron chi connectivity index (χ4n) is 3.65. The highest BCUT2D eigenvalue weighted by Crippen LogP contribution is 2.19. The van der Waals surface area contributed by atoms with Gasteiger partial charge in [-0.05, 0) is 24.1 Å². The van der Waals surface area contributed by atoms with Crippen LogP contribution in [0.2, 0.25) is 0 Å². The summed E-state index contributed by atoms with van der Waals surface area (Å²) in [5.41, 5.74) is 4.05. The van der Waals surface area contributed by atoms with Crippen molar-refractivity contribution in [2.75, 3.05) is 0 Å². The van der Waals surface area contributed by atoms with Crippen molar-refractivity contribution in [1.29, 1.82) is 0 Å². The Morgan fingerprint density at radius 1 is 0.914 bits per heavy atom. The molecule has 0 unspecified atom stereocenters. The molecule has 8 nitrogen and oxygen atoms in total. The molecule has 8 heteroatoms. The van der Waals surface area contributed by atoms with Gasteiger partial charge in [0.25, 0.3) is 0 Å². The fraction of sp³-hybridized carbons (Fsp3) is 0.148. The molecule has 0 fully saturated rings. The molecule has 0 amide bonds. The first-order valence-electron chi connectivity index (χ1n) is 11.4. The minimum atomic E-state index is -0.106. The van der Waals surface area contributed by atoms with Crippen molar-refractivity contribution in [2.24, 2.45) is 0 Å². The van der Waals surface area contributed by atoms with Crippen molar-refractivity contribution in [3.8, 4) is 22.8 Å². The molecule has 0 N–H and O–H groups in total. The number of aromatic nitrogens is 6. The van der Waals surface area contributed by atoms with E-state index in [1.165, 1.54) is 6.07 Å². The highest BCUT2D eigenvalue weighted by Gasteiger charge is 2.09. The van der Waals surface area contributed by atoms with Crippen LogP contribution in [0, 0.1) is 0 Å². The Bertz CT molecular complexity index is 1480. The largest absolute Gasteiger partial charge is 0.486 e. The second-order valence-corrected chi connectivity index (χ2v) is 8.02. The molecule has 3 heterocycles. The maximum atomic E-state index is 12.5. The molecular formula is C27H24N6O2. The number of rotatable bonds is 8. The first-order valence-corrected chi connectivity index (χ1v) is 11.4. The Kier molecular flexibility index (Phi) is 6.43. The molecule has 0 aliphatic carbocycles. The number of nitrogens with zero attached hydrogens (tertiary/aromatic N) is 6. The van der Waals surface area contributed by atoms with E-state index >= 15 is 0 Å². The molecule has 5 aromatic rings. The van der Waals surface area contributed by atoms with Crippen molar-refractivity contribution >= 4 is 0 Å². The zero-order chi connectivity index (χ0) is 24.0. The minimum absolute atomic E-state index is 0.106. The molecule has 5 rings (SSSR count). The summed E-state index contributed by atoms with van der Waals surface area (Å²) in [5, 5.41) is 8.83. The summed E-state index contributed by atoms with van der Waals surface area (Å²) in [4.78, 5) is 21.4. The summed E-state index contributed by atoms with van der Waals surface area (Å²) in [7, 11) is 0. The zero-order valence-corrected chi connectivity index (χ0v) is 19.3. The van der Waals surface area contributed by atoms with Gasteiger partial charge in [0.1, 0.15) is 18.0 Å². The van der Waals surface area contributed by atoms with Crippen molar-refractivity contribution < 1.29 is 4.74 Å². The summed E-state index contributed by atoms with van der Waals surface area (Å²) >= 11 is 0. The summed E-state index contributed by atoms with van der Waals surface area (Å²) in [6, 6.07) is 19.3. The van der Waals surface area contributed by atoms with E-state index in [1.54, 1.807) is 29.5 Å². The fourth-order valence-corrected chi connectivity index (χ4v) is 3.65. The van der Waals surface area contributed by atoms with Gasteiger partial charge in [0.05, 0.1) is 24.8 Å². The SMILES string of the molecule is CCn1cc(-n2ccc(=O)c(Cc3cccc(-c4ncc(OCc5ccccc5)cn4)c3)n2)cn1. The van der Waals surface area contributed by atoms with E-state index in [0.717, 1.165) is 28.9 Å². The quantitative estimate of drug-likeness (QED) is 0.344. The lowest BCUT2D eigenvalue weighted by atomic mass is 10.1. The lowest BCUT2D eigenvalue weighted by Gasteiger charge is -2.08. The molecular weight excluding hydrogens is 440 g/mol. The van der Waals surface area contributed by atoms with Gasteiger partial charge in [0, 0.05) is 30.8 Å². The second-order valence-electron chi connectivity index (χ2n) is 8.02. The van der Waals surface area contributed by atoms with E-state index in [4.69, 9.17) is 4.74 Å². The van der Waals surface area contributed by atoms with E-state index in [2.05, 4.69) is 20.2 Å². The first-order chi connectivity index (χ1) is 17.2. The third kappa shape index (κ3) is 5.33. The van der Waals surface area contributed by atoms with Gasteiger partial charge in [-0.15, -0.1) is 0 Å². The van der Waals surface area contributed by atoms with Gasteiger partial charge in [0.2, 0.25) is 5.43 Å². The Hall–Kier alpha value is -4.59. The van der Waals surface area contributed by atoms with Crippen LogP contribution in [0.15, 0.2) is 96.4 Å². The van der Waals surface area contributed by atoms with E-state index < -0.39 is 0 Å². The van der Waals surface area contributed by atoms with Gasteiger partial charge < -0.3 is 4.74 Å². The first kappa shape index (κ1) is 22.2. The molecule has 0 aliphatic rings. The number of benzene rings is 2. The van der Waals surface area contributed by atoms with Crippen LogP contribution in [0.5, 0.6) is 5.75 Å². The van der Waals surface area contributed by atoms with Crippen LogP contribution in [0.4, 0.5) is 0 Å². The molecule has 0 bridgehead atoms. The van der Waals surface area contributed by atoms with Crippen LogP contribution >= 0.6 is 0 Å². The Balaban J connectivity index is 1.31. The van der Waals surface area contributed by atoms with Gasteiger partial charge in [-0.2, -0.15) is 10.2 Å². The van der Waals surface area contributed by atoms with Crippen LogP contribution in [0.25, 0.3) is 17.1 Å². The van der Waals surface area contributed by atoms with Gasteiger partial charge >= 0.3 is 0 Å². The Morgan fingerprint density at radius 3 is 2.49 bits per heavy atom. The number of aryl methyl sites for hydroxylation is 1. The minimum Gasteiger partial charge on any atom is -0.486 e. The molecule has 174 valence electrons. The lowest BCUT2D eigenvalue weighted by Crippen LogP contribution is -2.16. The molecule has 0 saturated carbocycles. The van der Waals surface area contributed by atoms with Crippen LogP contribution in [-0.2, 0) is 19.6 Å². The zero-order valence-electron chi connectivity index (χ0n) is 19.3. The topological polar surface area (TPSA) is 87.7 Å². The maximum absolute atomic E-state index is 12.5. The van der Waals surface area contributed by atoms with E-state index in [-0.39, 0.29) is 5.43 Å².